The van der Waals surface area contributed by atoms with E-state index in [9.17, 15) is 19.2 Å². The van der Waals surface area contributed by atoms with Crippen LogP contribution in [0.15, 0.2) is 18.2 Å². The Morgan fingerprint density at radius 1 is 0.956 bits per heavy atom. The first-order valence-electron chi connectivity index (χ1n) is 15.6. The summed E-state index contributed by atoms with van der Waals surface area (Å²) >= 11 is 0. The minimum atomic E-state index is -1.17. The van der Waals surface area contributed by atoms with Crippen LogP contribution in [-0.4, -0.2) is 79.6 Å². The van der Waals surface area contributed by atoms with Gasteiger partial charge in [0.15, 0.2) is 11.5 Å². The standard InChI is InChI=1S/C34H53NO10/c1-21(2)24(17-23-13-14-27(41-11)29(18-23)42-16-12-15-40-10)19-26-28(43-32(39)45-34(7,8)9)20-25(22(3)36)30(37)35(26)31(38)44-33(4,5)6/h13-14,18,21,24-26,28H,12,15-17,19-20H2,1-11H3/t24-,25?,26-,28-/m0/s1. The molecular formula is C34H53NO10. The Morgan fingerprint density at radius 2 is 1.60 bits per heavy atom. The van der Waals surface area contributed by atoms with Crippen molar-refractivity contribution in [2.24, 2.45) is 17.8 Å². The molecule has 0 saturated carbocycles. The normalized spacial score (nSPS) is 19.6. The van der Waals surface area contributed by atoms with Crippen molar-refractivity contribution >= 4 is 23.9 Å². The highest BCUT2D eigenvalue weighted by Gasteiger charge is 2.50. The number of methoxy groups -OCH3 is 2. The number of Topliss-reactive ketones (excluding diaryl/α,β-unsaturated/α-hetero) is 1. The number of ketones is 1. The molecule has 0 spiro atoms. The van der Waals surface area contributed by atoms with E-state index >= 15 is 0 Å². The first-order valence-corrected chi connectivity index (χ1v) is 15.6. The van der Waals surface area contributed by atoms with Gasteiger partial charge in [-0.25, -0.2) is 14.5 Å². The summed E-state index contributed by atoms with van der Waals surface area (Å²) < 4.78 is 33.5. The molecule has 2 amide bonds. The average Bonchev–Trinajstić information content (AvgIpc) is 2.89. The van der Waals surface area contributed by atoms with Gasteiger partial charge < -0.3 is 28.4 Å². The van der Waals surface area contributed by atoms with Crippen LogP contribution in [0.4, 0.5) is 9.59 Å². The van der Waals surface area contributed by atoms with Crippen molar-refractivity contribution in [2.45, 2.75) is 111 Å². The molecule has 0 bridgehead atoms. The molecule has 1 fully saturated rings. The van der Waals surface area contributed by atoms with E-state index in [4.69, 9.17) is 28.4 Å². The summed E-state index contributed by atoms with van der Waals surface area (Å²) in [5.41, 5.74) is -0.777. The number of hydrogen-bond acceptors (Lipinski definition) is 10. The number of hydrogen-bond donors (Lipinski definition) is 0. The van der Waals surface area contributed by atoms with Gasteiger partial charge in [-0.05, 0) is 90.8 Å². The van der Waals surface area contributed by atoms with Crippen LogP contribution in [-0.2, 0) is 35.0 Å². The lowest BCUT2D eigenvalue weighted by Gasteiger charge is -2.43. The van der Waals surface area contributed by atoms with Crippen LogP contribution in [0.1, 0.15) is 87.1 Å². The van der Waals surface area contributed by atoms with Crippen LogP contribution >= 0.6 is 0 Å². The third kappa shape index (κ3) is 11.8. The minimum Gasteiger partial charge on any atom is -0.493 e. The Balaban J connectivity index is 2.50. The highest BCUT2D eigenvalue weighted by atomic mass is 16.7. The largest absolute Gasteiger partial charge is 0.509 e. The molecule has 0 N–H and O–H groups in total. The van der Waals surface area contributed by atoms with Crippen LogP contribution in [0.3, 0.4) is 0 Å². The van der Waals surface area contributed by atoms with Crippen molar-refractivity contribution in [3.8, 4) is 11.5 Å². The molecule has 4 atom stereocenters. The summed E-state index contributed by atoms with van der Waals surface area (Å²) in [6.07, 6.45) is -1.31. The van der Waals surface area contributed by atoms with Crippen molar-refractivity contribution in [2.75, 3.05) is 27.4 Å². The van der Waals surface area contributed by atoms with Gasteiger partial charge in [0.1, 0.15) is 29.0 Å². The molecule has 1 aliphatic rings. The van der Waals surface area contributed by atoms with Gasteiger partial charge in [0.05, 0.1) is 19.8 Å². The van der Waals surface area contributed by atoms with Gasteiger partial charge in [-0.2, -0.15) is 0 Å². The monoisotopic (exact) mass is 635 g/mol. The van der Waals surface area contributed by atoms with E-state index in [1.54, 1.807) is 55.8 Å². The summed E-state index contributed by atoms with van der Waals surface area (Å²) in [7, 11) is 3.22. The molecule has 1 unspecified atom stereocenters. The molecule has 45 heavy (non-hydrogen) atoms. The third-order valence-electron chi connectivity index (χ3n) is 7.45. The van der Waals surface area contributed by atoms with E-state index in [0.717, 1.165) is 16.9 Å². The van der Waals surface area contributed by atoms with Crippen LogP contribution in [0.5, 0.6) is 11.5 Å². The van der Waals surface area contributed by atoms with Gasteiger partial charge in [0.2, 0.25) is 5.91 Å². The molecule has 1 heterocycles. The van der Waals surface area contributed by atoms with Crippen molar-refractivity contribution < 1.29 is 47.6 Å². The molecule has 1 aromatic carbocycles. The lowest BCUT2D eigenvalue weighted by Crippen LogP contribution is -2.60. The Bertz CT molecular complexity index is 1170. The average molecular weight is 636 g/mol. The van der Waals surface area contributed by atoms with Crippen LogP contribution in [0, 0.1) is 17.8 Å². The Kier molecular flexibility index (Phi) is 13.7. The number of rotatable bonds is 13. The number of benzene rings is 1. The van der Waals surface area contributed by atoms with E-state index in [-0.39, 0.29) is 24.7 Å². The predicted molar refractivity (Wildman–Crippen MR) is 168 cm³/mol. The maximum absolute atomic E-state index is 13.7. The van der Waals surface area contributed by atoms with Gasteiger partial charge in [-0.3, -0.25) is 9.59 Å². The molecule has 1 saturated heterocycles. The van der Waals surface area contributed by atoms with E-state index < -0.39 is 53.2 Å². The number of likely N-dealkylation sites (tertiary alicyclic amines) is 1. The lowest BCUT2D eigenvalue weighted by atomic mass is 9.78. The summed E-state index contributed by atoms with van der Waals surface area (Å²) in [5, 5.41) is 0. The van der Waals surface area contributed by atoms with E-state index in [1.165, 1.54) is 6.92 Å². The van der Waals surface area contributed by atoms with Gasteiger partial charge in [-0.1, -0.05) is 19.9 Å². The van der Waals surface area contributed by atoms with Crippen LogP contribution in [0.25, 0.3) is 0 Å². The van der Waals surface area contributed by atoms with Gasteiger partial charge in [0.25, 0.3) is 0 Å². The molecule has 0 aliphatic carbocycles. The fourth-order valence-electron chi connectivity index (χ4n) is 5.20. The van der Waals surface area contributed by atoms with Crippen molar-refractivity contribution in [1.29, 1.82) is 0 Å². The zero-order valence-electron chi connectivity index (χ0n) is 28.9. The first kappa shape index (κ1) is 37.8. The molecule has 11 nitrogen and oxygen atoms in total. The van der Waals surface area contributed by atoms with Gasteiger partial charge in [-0.15, -0.1) is 0 Å². The molecule has 1 aliphatic heterocycles. The topological polar surface area (TPSA) is 127 Å². The predicted octanol–water partition coefficient (Wildman–Crippen LogP) is 6.38. The summed E-state index contributed by atoms with van der Waals surface area (Å²) in [5.74, 6) is -1.04. The maximum atomic E-state index is 13.7. The number of ether oxygens (including phenoxy) is 6. The van der Waals surface area contributed by atoms with Gasteiger partial charge >= 0.3 is 12.2 Å². The van der Waals surface area contributed by atoms with E-state index in [1.807, 2.05) is 18.2 Å². The summed E-state index contributed by atoms with van der Waals surface area (Å²) in [4.78, 5) is 53.8. The Labute approximate surface area is 268 Å². The highest BCUT2D eigenvalue weighted by molar-refractivity contribution is 6.06. The van der Waals surface area contributed by atoms with Crippen LogP contribution < -0.4 is 9.47 Å². The number of imide groups is 1. The zero-order valence-corrected chi connectivity index (χ0v) is 28.9. The second-order valence-corrected chi connectivity index (χ2v) is 13.9. The molecular weight excluding hydrogens is 582 g/mol. The Hall–Kier alpha value is -3.34. The summed E-state index contributed by atoms with van der Waals surface area (Å²) in [6.45, 7) is 16.6. The van der Waals surface area contributed by atoms with E-state index in [0.29, 0.717) is 31.1 Å². The molecule has 11 heteroatoms. The zero-order chi connectivity index (χ0) is 34.1. The number of carbonyl (C=O) groups excluding carboxylic acids is 4. The number of piperidine rings is 1. The highest BCUT2D eigenvalue weighted by Crippen LogP contribution is 2.36. The smallest absolute Gasteiger partial charge is 0.493 e. The molecule has 1 aromatic rings. The fraction of sp³-hybridized carbons (Fsp3) is 0.706. The van der Waals surface area contributed by atoms with Gasteiger partial charge in [0, 0.05) is 26.6 Å². The SMILES string of the molecule is COCCCOc1cc(C[C@@H](C[C@H]2[C@@H](OC(=O)OC(C)(C)C)CC(C(C)=O)C(=O)N2C(=O)OC(C)(C)C)C(C)C)ccc1OC. The van der Waals surface area contributed by atoms with Crippen molar-refractivity contribution in [3.05, 3.63) is 23.8 Å². The van der Waals surface area contributed by atoms with E-state index in [2.05, 4.69) is 13.8 Å². The molecule has 0 radical (unpaired) electrons. The summed E-state index contributed by atoms with van der Waals surface area (Å²) in [6, 6.07) is 4.83. The maximum Gasteiger partial charge on any atom is 0.509 e. The number of amides is 2. The number of carbonyl (C=O) groups is 4. The second kappa shape index (κ2) is 16.3. The van der Waals surface area contributed by atoms with Crippen molar-refractivity contribution in [3.63, 3.8) is 0 Å². The quantitative estimate of drug-likeness (QED) is 0.137. The minimum absolute atomic E-state index is 0.0653. The van der Waals surface area contributed by atoms with Crippen molar-refractivity contribution in [1.82, 2.24) is 4.90 Å². The second-order valence-electron chi connectivity index (χ2n) is 13.9. The fourth-order valence-corrected chi connectivity index (χ4v) is 5.20. The molecule has 2 rings (SSSR count). The Morgan fingerprint density at radius 3 is 2.13 bits per heavy atom. The van der Waals surface area contributed by atoms with Crippen LogP contribution in [0.2, 0.25) is 0 Å². The molecule has 254 valence electrons. The lowest BCUT2D eigenvalue weighted by molar-refractivity contribution is -0.154. The number of nitrogens with zero attached hydrogens (tertiary/aromatic N) is 1. The molecule has 0 aromatic heterocycles. The first-order chi connectivity index (χ1) is 20.9. The third-order valence-corrected chi connectivity index (χ3v) is 7.45.